The fourth-order valence-corrected chi connectivity index (χ4v) is 2.44. The Labute approximate surface area is 130 Å². The van der Waals surface area contributed by atoms with Gasteiger partial charge in [-0.1, -0.05) is 11.6 Å². The molecule has 1 aromatic rings. The molecule has 2 N–H and O–H groups in total. The SMILES string of the molecule is CC(Oc1ccc(Cl)cc1[C@H](C)N)C(=O)N1CCOCC1. The summed E-state index contributed by atoms with van der Waals surface area (Å²) in [4.78, 5) is 14.1. The van der Waals surface area contributed by atoms with E-state index in [-0.39, 0.29) is 11.9 Å². The summed E-state index contributed by atoms with van der Waals surface area (Å²) < 4.78 is 11.1. The fourth-order valence-electron chi connectivity index (χ4n) is 2.26. The Morgan fingerprint density at radius 2 is 2.05 bits per heavy atom. The van der Waals surface area contributed by atoms with Gasteiger partial charge in [0.25, 0.3) is 5.91 Å². The van der Waals surface area contributed by atoms with E-state index in [2.05, 4.69) is 0 Å². The molecular formula is C15H21ClN2O3. The Morgan fingerprint density at radius 3 is 2.67 bits per heavy atom. The molecule has 2 atom stereocenters. The average molecular weight is 313 g/mol. The van der Waals surface area contributed by atoms with E-state index in [1.54, 1.807) is 30.0 Å². The van der Waals surface area contributed by atoms with Crippen LogP contribution in [0.15, 0.2) is 18.2 Å². The number of carbonyl (C=O) groups is 1. The Morgan fingerprint density at radius 1 is 1.38 bits per heavy atom. The van der Waals surface area contributed by atoms with Crippen LogP contribution in [0.5, 0.6) is 5.75 Å². The lowest BCUT2D eigenvalue weighted by atomic mass is 10.1. The van der Waals surface area contributed by atoms with Crippen LogP contribution in [0.25, 0.3) is 0 Å². The highest BCUT2D eigenvalue weighted by Crippen LogP contribution is 2.28. The normalized spacial score (nSPS) is 18.2. The highest BCUT2D eigenvalue weighted by atomic mass is 35.5. The zero-order valence-corrected chi connectivity index (χ0v) is 13.1. The molecule has 1 heterocycles. The van der Waals surface area contributed by atoms with Gasteiger partial charge in [0.15, 0.2) is 6.10 Å². The Balaban J connectivity index is 2.08. The van der Waals surface area contributed by atoms with E-state index in [0.29, 0.717) is 37.1 Å². The highest BCUT2D eigenvalue weighted by Gasteiger charge is 2.24. The molecule has 116 valence electrons. The molecular weight excluding hydrogens is 292 g/mol. The van der Waals surface area contributed by atoms with Gasteiger partial charge in [-0.2, -0.15) is 0 Å². The first-order chi connectivity index (χ1) is 9.99. The maximum absolute atomic E-state index is 12.3. The molecule has 1 unspecified atom stereocenters. The quantitative estimate of drug-likeness (QED) is 0.923. The third kappa shape index (κ3) is 4.09. The van der Waals surface area contributed by atoms with Crippen molar-refractivity contribution in [3.05, 3.63) is 28.8 Å². The van der Waals surface area contributed by atoms with E-state index in [9.17, 15) is 4.79 Å². The zero-order chi connectivity index (χ0) is 15.4. The minimum absolute atomic E-state index is 0.0381. The number of benzene rings is 1. The first-order valence-electron chi connectivity index (χ1n) is 7.07. The first-order valence-corrected chi connectivity index (χ1v) is 7.45. The van der Waals surface area contributed by atoms with Crippen molar-refractivity contribution in [2.24, 2.45) is 5.73 Å². The minimum Gasteiger partial charge on any atom is -0.481 e. The number of amides is 1. The molecule has 0 aliphatic carbocycles. The summed E-state index contributed by atoms with van der Waals surface area (Å²) >= 11 is 5.98. The van der Waals surface area contributed by atoms with Crippen molar-refractivity contribution in [1.29, 1.82) is 0 Å². The maximum atomic E-state index is 12.3. The van der Waals surface area contributed by atoms with Gasteiger partial charge in [-0.25, -0.2) is 0 Å². The fraction of sp³-hybridized carbons (Fsp3) is 0.533. The van der Waals surface area contributed by atoms with Gasteiger partial charge in [0.2, 0.25) is 0 Å². The summed E-state index contributed by atoms with van der Waals surface area (Å²) in [5.41, 5.74) is 6.72. The van der Waals surface area contributed by atoms with Gasteiger partial charge in [-0.15, -0.1) is 0 Å². The second-order valence-electron chi connectivity index (χ2n) is 5.17. The molecule has 1 saturated heterocycles. The molecule has 0 radical (unpaired) electrons. The summed E-state index contributed by atoms with van der Waals surface area (Å²) in [6.07, 6.45) is -0.568. The molecule has 0 aromatic heterocycles. The van der Waals surface area contributed by atoms with Crippen molar-refractivity contribution in [1.82, 2.24) is 4.90 Å². The van der Waals surface area contributed by atoms with Crippen molar-refractivity contribution in [2.45, 2.75) is 26.0 Å². The van der Waals surface area contributed by atoms with Crippen LogP contribution >= 0.6 is 11.6 Å². The van der Waals surface area contributed by atoms with Crippen LogP contribution < -0.4 is 10.5 Å². The molecule has 6 heteroatoms. The number of halogens is 1. The Bertz CT molecular complexity index is 502. The summed E-state index contributed by atoms with van der Waals surface area (Å²) in [5.74, 6) is 0.562. The average Bonchev–Trinajstić information content (AvgIpc) is 2.49. The van der Waals surface area contributed by atoms with E-state index in [0.717, 1.165) is 5.56 Å². The highest BCUT2D eigenvalue weighted by molar-refractivity contribution is 6.30. The second-order valence-corrected chi connectivity index (χ2v) is 5.60. The monoisotopic (exact) mass is 312 g/mol. The smallest absolute Gasteiger partial charge is 0.263 e. The van der Waals surface area contributed by atoms with E-state index < -0.39 is 6.10 Å². The van der Waals surface area contributed by atoms with E-state index >= 15 is 0 Å². The van der Waals surface area contributed by atoms with Gasteiger partial charge < -0.3 is 20.1 Å². The van der Waals surface area contributed by atoms with Crippen molar-refractivity contribution < 1.29 is 14.3 Å². The van der Waals surface area contributed by atoms with Crippen molar-refractivity contribution in [2.75, 3.05) is 26.3 Å². The second kappa shape index (κ2) is 7.11. The molecule has 1 aliphatic heterocycles. The molecule has 5 nitrogen and oxygen atoms in total. The molecule has 0 spiro atoms. The van der Waals surface area contributed by atoms with E-state index in [1.807, 2.05) is 6.92 Å². The lowest BCUT2D eigenvalue weighted by Crippen LogP contribution is -2.46. The van der Waals surface area contributed by atoms with Crippen LogP contribution in [-0.2, 0) is 9.53 Å². The summed E-state index contributed by atoms with van der Waals surface area (Å²) in [5, 5.41) is 0.599. The number of carbonyl (C=O) groups excluding carboxylic acids is 1. The zero-order valence-electron chi connectivity index (χ0n) is 12.3. The number of nitrogens with two attached hydrogens (primary N) is 1. The van der Waals surface area contributed by atoms with Crippen LogP contribution in [0.3, 0.4) is 0 Å². The third-order valence-electron chi connectivity index (χ3n) is 3.44. The van der Waals surface area contributed by atoms with E-state index in [1.165, 1.54) is 0 Å². The van der Waals surface area contributed by atoms with Gasteiger partial charge in [-0.3, -0.25) is 4.79 Å². The Kier molecular flexibility index (Phi) is 5.45. The molecule has 0 saturated carbocycles. The van der Waals surface area contributed by atoms with Crippen LogP contribution in [0.2, 0.25) is 5.02 Å². The number of hydrogen-bond donors (Lipinski definition) is 1. The van der Waals surface area contributed by atoms with Crippen LogP contribution in [0.4, 0.5) is 0 Å². The van der Waals surface area contributed by atoms with Gasteiger partial charge in [0, 0.05) is 29.7 Å². The molecule has 2 rings (SSSR count). The number of morpholine rings is 1. The van der Waals surface area contributed by atoms with Crippen molar-refractivity contribution in [3.63, 3.8) is 0 Å². The number of hydrogen-bond acceptors (Lipinski definition) is 4. The summed E-state index contributed by atoms with van der Waals surface area (Å²) in [7, 11) is 0. The molecule has 1 aliphatic rings. The van der Waals surface area contributed by atoms with Crippen molar-refractivity contribution in [3.8, 4) is 5.75 Å². The third-order valence-corrected chi connectivity index (χ3v) is 3.67. The molecule has 1 fully saturated rings. The van der Waals surface area contributed by atoms with Gasteiger partial charge >= 0.3 is 0 Å². The molecule has 21 heavy (non-hydrogen) atoms. The maximum Gasteiger partial charge on any atom is 0.263 e. The van der Waals surface area contributed by atoms with Gasteiger partial charge in [0.1, 0.15) is 5.75 Å². The lowest BCUT2D eigenvalue weighted by Gasteiger charge is -2.29. The van der Waals surface area contributed by atoms with Crippen LogP contribution in [0, 0.1) is 0 Å². The van der Waals surface area contributed by atoms with Crippen LogP contribution in [-0.4, -0.2) is 43.2 Å². The van der Waals surface area contributed by atoms with Crippen LogP contribution in [0.1, 0.15) is 25.5 Å². The molecule has 1 aromatic carbocycles. The predicted octanol–water partition coefficient (Wildman–Crippen LogP) is 1.99. The largest absolute Gasteiger partial charge is 0.481 e. The van der Waals surface area contributed by atoms with Gasteiger partial charge in [-0.05, 0) is 32.0 Å². The topological polar surface area (TPSA) is 64.8 Å². The first kappa shape index (κ1) is 16.1. The minimum atomic E-state index is -0.568. The predicted molar refractivity (Wildman–Crippen MR) is 81.5 cm³/mol. The Hall–Kier alpha value is -1.30. The molecule has 1 amide bonds. The summed E-state index contributed by atoms with van der Waals surface area (Å²) in [6, 6.07) is 5.04. The van der Waals surface area contributed by atoms with Crippen molar-refractivity contribution >= 4 is 17.5 Å². The summed E-state index contributed by atoms with van der Waals surface area (Å²) in [6.45, 7) is 5.96. The number of ether oxygens (including phenoxy) is 2. The van der Waals surface area contributed by atoms with Gasteiger partial charge in [0.05, 0.1) is 13.2 Å². The standard InChI is InChI=1S/C15H21ClN2O3/c1-10(17)13-9-12(16)3-4-14(13)21-11(2)15(19)18-5-7-20-8-6-18/h3-4,9-11H,5-8,17H2,1-2H3/t10-,11?/m0/s1. The van der Waals surface area contributed by atoms with E-state index in [4.69, 9.17) is 26.8 Å². The number of nitrogens with zero attached hydrogens (tertiary/aromatic N) is 1. The lowest BCUT2D eigenvalue weighted by molar-refractivity contribution is -0.142. The number of rotatable bonds is 4. The molecule has 0 bridgehead atoms.